The fourth-order valence-electron chi connectivity index (χ4n) is 1.92. The van der Waals surface area contributed by atoms with Crippen LogP contribution >= 0.6 is 15.9 Å². The molecule has 0 fully saturated rings. The zero-order valence-electron chi connectivity index (χ0n) is 10.6. The van der Waals surface area contributed by atoms with Gasteiger partial charge in [0, 0.05) is 0 Å². The lowest BCUT2D eigenvalue weighted by Crippen LogP contribution is -2.25. The molecule has 0 radical (unpaired) electrons. The molecule has 0 saturated heterocycles. The molecule has 0 aliphatic carbocycles. The summed E-state index contributed by atoms with van der Waals surface area (Å²) in [7, 11) is 0. The molecule has 1 N–H and O–H groups in total. The largest absolute Gasteiger partial charge is 0.466 e. The third kappa shape index (κ3) is 2.69. The molecule has 0 spiro atoms. The van der Waals surface area contributed by atoms with E-state index in [-0.39, 0.29) is 12.3 Å². The highest BCUT2D eigenvalue weighted by atomic mass is 79.9. The fourth-order valence-corrected chi connectivity index (χ4v) is 2.35. The van der Waals surface area contributed by atoms with E-state index < -0.39 is 40.7 Å². The maximum atomic E-state index is 13.9. The molecule has 0 aliphatic rings. The Hall–Kier alpha value is -1.41. The van der Waals surface area contributed by atoms with Crippen molar-refractivity contribution in [2.75, 3.05) is 6.54 Å². The highest BCUT2D eigenvalue weighted by Gasteiger charge is 2.33. The normalized spacial score (nSPS) is 12.7. The van der Waals surface area contributed by atoms with Gasteiger partial charge >= 0.3 is 0 Å². The summed E-state index contributed by atoms with van der Waals surface area (Å²) in [5.41, 5.74) is -0.983. The maximum absolute atomic E-state index is 13.9. The first-order valence-electron chi connectivity index (χ1n) is 5.87. The van der Waals surface area contributed by atoms with Crippen molar-refractivity contribution in [1.29, 1.82) is 0 Å². The lowest BCUT2D eigenvalue weighted by molar-refractivity contribution is 0.353. The lowest BCUT2D eigenvalue weighted by atomic mass is 10.0. The monoisotopic (exact) mass is 369 g/mol. The quantitative estimate of drug-likeness (QED) is 0.489. The van der Waals surface area contributed by atoms with Gasteiger partial charge in [-0.05, 0) is 28.5 Å². The second-order valence-electron chi connectivity index (χ2n) is 4.11. The van der Waals surface area contributed by atoms with Gasteiger partial charge in [0.25, 0.3) is 0 Å². The summed E-state index contributed by atoms with van der Waals surface area (Å²) in [5.74, 6) is -9.94. The summed E-state index contributed by atoms with van der Waals surface area (Å²) < 4.78 is 72.9. The summed E-state index contributed by atoms with van der Waals surface area (Å²) in [4.78, 5) is 0. The van der Waals surface area contributed by atoms with Gasteiger partial charge in [-0.2, -0.15) is 0 Å². The van der Waals surface area contributed by atoms with Crippen molar-refractivity contribution >= 4 is 15.9 Å². The first-order chi connectivity index (χ1) is 9.90. The van der Waals surface area contributed by atoms with E-state index in [0.29, 0.717) is 4.47 Å². The molecule has 0 amide bonds. The Morgan fingerprint density at radius 1 is 1.05 bits per heavy atom. The summed E-state index contributed by atoms with van der Waals surface area (Å²) in [6.45, 7) is 1.84. The van der Waals surface area contributed by atoms with Crippen molar-refractivity contribution in [2.45, 2.75) is 13.0 Å². The van der Waals surface area contributed by atoms with E-state index in [0.717, 1.165) is 0 Å². The predicted molar refractivity (Wildman–Crippen MR) is 68.2 cm³/mol. The van der Waals surface area contributed by atoms with Crippen LogP contribution in [-0.4, -0.2) is 6.54 Å². The van der Waals surface area contributed by atoms with E-state index >= 15 is 0 Å². The molecular formula is C13H9BrF5NO. The maximum Gasteiger partial charge on any atom is 0.200 e. The van der Waals surface area contributed by atoms with Crippen LogP contribution in [-0.2, 0) is 0 Å². The second kappa shape index (κ2) is 6.15. The van der Waals surface area contributed by atoms with Crippen LogP contribution < -0.4 is 5.32 Å². The Morgan fingerprint density at radius 2 is 1.57 bits per heavy atom. The Balaban J connectivity index is 2.70. The van der Waals surface area contributed by atoms with Gasteiger partial charge in [0.1, 0.15) is 5.76 Å². The van der Waals surface area contributed by atoms with Crippen molar-refractivity contribution in [1.82, 2.24) is 5.32 Å². The van der Waals surface area contributed by atoms with Crippen molar-refractivity contribution in [3.8, 4) is 0 Å². The SMILES string of the molecule is CCNC(c1occc1Br)c1c(F)c(F)c(F)c(F)c1F. The number of nitrogens with one attached hydrogen (secondary N) is 1. The highest BCUT2D eigenvalue weighted by Crippen LogP contribution is 2.34. The van der Waals surface area contributed by atoms with Gasteiger partial charge in [-0.1, -0.05) is 6.92 Å². The first kappa shape index (κ1) is 16.0. The van der Waals surface area contributed by atoms with Gasteiger partial charge in [-0.25, -0.2) is 22.0 Å². The van der Waals surface area contributed by atoms with Crippen LogP contribution in [0.4, 0.5) is 22.0 Å². The minimum absolute atomic E-state index is 0.0139. The molecule has 2 aromatic rings. The van der Waals surface area contributed by atoms with E-state index in [4.69, 9.17) is 4.42 Å². The number of halogens is 6. The topological polar surface area (TPSA) is 25.2 Å². The Morgan fingerprint density at radius 3 is 2.00 bits per heavy atom. The van der Waals surface area contributed by atoms with E-state index in [9.17, 15) is 22.0 Å². The number of furan rings is 1. The Labute approximate surface area is 125 Å². The van der Waals surface area contributed by atoms with Crippen LogP contribution in [0.25, 0.3) is 0 Å². The summed E-state index contributed by atoms with van der Waals surface area (Å²) >= 11 is 3.09. The minimum Gasteiger partial charge on any atom is -0.466 e. The van der Waals surface area contributed by atoms with Gasteiger partial charge in [0.15, 0.2) is 23.3 Å². The van der Waals surface area contributed by atoms with Crippen molar-refractivity contribution in [2.24, 2.45) is 0 Å². The predicted octanol–water partition coefficient (Wildman–Crippen LogP) is 4.44. The van der Waals surface area contributed by atoms with Gasteiger partial charge in [0.2, 0.25) is 5.82 Å². The van der Waals surface area contributed by atoms with E-state index in [2.05, 4.69) is 21.2 Å². The third-order valence-corrected chi connectivity index (χ3v) is 3.50. The molecule has 114 valence electrons. The molecular weight excluding hydrogens is 361 g/mol. The van der Waals surface area contributed by atoms with E-state index in [1.165, 1.54) is 12.3 Å². The molecule has 1 aromatic heterocycles. The van der Waals surface area contributed by atoms with Crippen molar-refractivity contribution in [3.63, 3.8) is 0 Å². The molecule has 21 heavy (non-hydrogen) atoms. The van der Waals surface area contributed by atoms with Gasteiger partial charge in [-0.3, -0.25) is 0 Å². The van der Waals surface area contributed by atoms with Crippen molar-refractivity contribution < 1.29 is 26.4 Å². The molecule has 1 aromatic carbocycles. The van der Waals surface area contributed by atoms with E-state index in [1.54, 1.807) is 6.92 Å². The minimum atomic E-state index is -2.19. The summed E-state index contributed by atoms with van der Waals surface area (Å²) in [5, 5.41) is 2.64. The van der Waals surface area contributed by atoms with Crippen LogP contribution in [0, 0.1) is 29.1 Å². The lowest BCUT2D eigenvalue weighted by Gasteiger charge is -2.19. The molecule has 8 heteroatoms. The zero-order valence-corrected chi connectivity index (χ0v) is 12.2. The number of hydrogen-bond donors (Lipinski definition) is 1. The molecule has 0 saturated carbocycles. The zero-order chi connectivity index (χ0) is 15.7. The molecule has 2 nitrogen and oxygen atoms in total. The summed E-state index contributed by atoms with van der Waals surface area (Å²) in [6, 6.07) is 0.134. The molecule has 1 atom stereocenters. The first-order valence-corrected chi connectivity index (χ1v) is 6.67. The van der Waals surface area contributed by atoms with Crippen LogP contribution in [0.5, 0.6) is 0 Å². The third-order valence-electron chi connectivity index (χ3n) is 2.85. The van der Waals surface area contributed by atoms with Crippen LogP contribution in [0.3, 0.4) is 0 Å². The Kier molecular flexibility index (Phi) is 4.67. The van der Waals surface area contributed by atoms with E-state index in [1.807, 2.05) is 0 Å². The molecule has 2 rings (SSSR count). The highest BCUT2D eigenvalue weighted by molar-refractivity contribution is 9.10. The number of rotatable bonds is 4. The standard InChI is InChI=1S/C13H9BrF5NO/c1-2-20-12(13-5(14)3-4-21-13)6-7(15)9(17)11(19)10(18)8(6)16/h3-4,12,20H,2H2,1H3. The molecule has 1 unspecified atom stereocenters. The average molecular weight is 370 g/mol. The van der Waals surface area contributed by atoms with Crippen molar-refractivity contribution in [3.05, 3.63) is 57.2 Å². The molecule has 1 heterocycles. The Bertz CT molecular complexity index is 644. The molecule has 0 bridgehead atoms. The average Bonchev–Trinajstić information content (AvgIpc) is 2.88. The number of hydrogen-bond acceptors (Lipinski definition) is 2. The van der Waals surface area contributed by atoms with Gasteiger partial charge in [-0.15, -0.1) is 0 Å². The number of benzene rings is 1. The van der Waals surface area contributed by atoms with Crippen LogP contribution in [0.1, 0.15) is 24.3 Å². The fraction of sp³-hybridized carbons (Fsp3) is 0.231. The van der Waals surface area contributed by atoms with Gasteiger partial charge < -0.3 is 9.73 Å². The second-order valence-corrected chi connectivity index (χ2v) is 4.96. The van der Waals surface area contributed by atoms with Gasteiger partial charge in [0.05, 0.1) is 22.3 Å². The van der Waals surface area contributed by atoms with Crippen LogP contribution in [0.15, 0.2) is 21.2 Å². The smallest absolute Gasteiger partial charge is 0.200 e. The summed E-state index contributed by atoms with van der Waals surface area (Å²) in [6.07, 6.45) is 1.23. The molecule has 0 aliphatic heterocycles. The van der Waals surface area contributed by atoms with Crippen LogP contribution in [0.2, 0.25) is 0 Å².